The van der Waals surface area contributed by atoms with E-state index in [1.807, 2.05) is 24.3 Å². The molecule has 0 spiro atoms. The first-order valence-electron chi connectivity index (χ1n) is 9.97. The van der Waals surface area contributed by atoms with E-state index in [2.05, 4.69) is 36.1 Å². The molecule has 0 radical (unpaired) electrons. The predicted molar refractivity (Wildman–Crippen MR) is 110 cm³/mol. The van der Waals surface area contributed by atoms with E-state index in [-0.39, 0.29) is 12.7 Å². The van der Waals surface area contributed by atoms with Gasteiger partial charge >= 0.3 is 0 Å². The number of aliphatic hydroxyl groups excluding tert-OH is 1. The van der Waals surface area contributed by atoms with Gasteiger partial charge in [-0.25, -0.2) is 0 Å². The molecule has 1 fully saturated rings. The molecule has 28 heavy (non-hydrogen) atoms. The molecule has 5 heteroatoms. The molecule has 2 aromatic carbocycles. The van der Waals surface area contributed by atoms with Crippen LogP contribution in [0.25, 0.3) is 0 Å². The SMILES string of the molecule is COc1ccccc1OCC(O)CN(Cc1ccc(C)cc1)CC1CCCO1. The van der Waals surface area contributed by atoms with Crippen LogP contribution in [0.4, 0.5) is 0 Å². The second-order valence-corrected chi connectivity index (χ2v) is 7.43. The molecule has 2 aromatic rings. The molecule has 0 aliphatic carbocycles. The summed E-state index contributed by atoms with van der Waals surface area (Å²) in [6.07, 6.45) is 1.84. The van der Waals surface area contributed by atoms with Crippen LogP contribution in [-0.2, 0) is 11.3 Å². The van der Waals surface area contributed by atoms with E-state index < -0.39 is 6.10 Å². The molecule has 1 aliphatic heterocycles. The molecular weight excluding hydrogens is 354 g/mol. The van der Waals surface area contributed by atoms with Crippen LogP contribution in [0.3, 0.4) is 0 Å². The van der Waals surface area contributed by atoms with Crippen molar-refractivity contribution in [2.45, 2.75) is 38.5 Å². The Balaban J connectivity index is 1.58. The number of ether oxygens (including phenoxy) is 3. The van der Waals surface area contributed by atoms with Gasteiger partial charge in [0.25, 0.3) is 0 Å². The van der Waals surface area contributed by atoms with Gasteiger partial charge in [0.15, 0.2) is 11.5 Å². The first-order valence-corrected chi connectivity index (χ1v) is 9.97. The van der Waals surface area contributed by atoms with Crippen molar-refractivity contribution >= 4 is 0 Å². The highest BCUT2D eigenvalue weighted by Crippen LogP contribution is 2.26. The Hall–Kier alpha value is -2.08. The highest BCUT2D eigenvalue weighted by Gasteiger charge is 2.21. The van der Waals surface area contributed by atoms with Gasteiger partial charge in [0, 0.05) is 26.2 Å². The van der Waals surface area contributed by atoms with Gasteiger partial charge in [0.05, 0.1) is 13.2 Å². The van der Waals surface area contributed by atoms with Crippen molar-refractivity contribution in [3.05, 3.63) is 59.7 Å². The normalized spacial score (nSPS) is 17.6. The first-order chi connectivity index (χ1) is 13.6. The smallest absolute Gasteiger partial charge is 0.161 e. The second kappa shape index (κ2) is 10.5. The Labute approximate surface area is 167 Å². The van der Waals surface area contributed by atoms with Crippen LogP contribution in [0.15, 0.2) is 48.5 Å². The lowest BCUT2D eigenvalue weighted by atomic mass is 10.1. The van der Waals surface area contributed by atoms with E-state index in [4.69, 9.17) is 14.2 Å². The minimum absolute atomic E-state index is 0.219. The van der Waals surface area contributed by atoms with Gasteiger partial charge in [-0.1, -0.05) is 42.0 Å². The lowest BCUT2D eigenvalue weighted by Gasteiger charge is -2.27. The van der Waals surface area contributed by atoms with Gasteiger partial charge in [-0.15, -0.1) is 0 Å². The summed E-state index contributed by atoms with van der Waals surface area (Å²) in [5.74, 6) is 1.32. The van der Waals surface area contributed by atoms with Crippen LogP contribution in [-0.4, -0.2) is 55.6 Å². The van der Waals surface area contributed by atoms with Crippen LogP contribution in [0, 0.1) is 6.92 Å². The molecule has 1 aliphatic rings. The number of aliphatic hydroxyl groups is 1. The van der Waals surface area contributed by atoms with Gasteiger partial charge in [0.2, 0.25) is 0 Å². The largest absolute Gasteiger partial charge is 0.493 e. The van der Waals surface area contributed by atoms with Crippen molar-refractivity contribution in [3.8, 4) is 11.5 Å². The van der Waals surface area contributed by atoms with E-state index in [0.29, 0.717) is 18.0 Å². The van der Waals surface area contributed by atoms with Crippen LogP contribution in [0.2, 0.25) is 0 Å². The summed E-state index contributed by atoms with van der Waals surface area (Å²) in [7, 11) is 1.61. The summed E-state index contributed by atoms with van der Waals surface area (Å²) in [6.45, 7) is 5.28. The molecule has 1 saturated heterocycles. The van der Waals surface area contributed by atoms with Gasteiger partial charge in [-0.3, -0.25) is 4.90 Å². The molecule has 0 bridgehead atoms. The third-order valence-corrected chi connectivity index (χ3v) is 4.98. The zero-order valence-corrected chi connectivity index (χ0v) is 16.8. The van der Waals surface area contributed by atoms with E-state index in [9.17, 15) is 5.11 Å². The molecule has 1 N–H and O–H groups in total. The predicted octanol–water partition coefficient (Wildman–Crippen LogP) is 3.42. The lowest BCUT2D eigenvalue weighted by molar-refractivity contribution is 0.0310. The molecule has 2 atom stereocenters. The number of aryl methyl sites for hydroxylation is 1. The summed E-state index contributed by atoms with van der Waals surface area (Å²) in [4.78, 5) is 2.26. The summed E-state index contributed by atoms with van der Waals surface area (Å²) >= 11 is 0. The van der Waals surface area contributed by atoms with Crippen molar-refractivity contribution in [2.75, 3.05) is 33.4 Å². The maximum Gasteiger partial charge on any atom is 0.161 e. The quantitative estimate of drug-likeness (QED) is 0.679. The minimum atomic E-state index is -0.600. The number of benzene rings is 2. The minimum Gasteiger partial charge on any atom is -0.493 e. The fraction of sp³-hybridized carbons (Fsp3) is 0.478. The number of hydrogen-bond acceptors (Lipinski definition) is 5. The molecule has 1 heterocycles. The third-order valence-electron chi connectivity index (χ3n) is 4.98. The number of nitrogens with zero attached hydrogens (tertiary/aromatic N) is 1. The Kier molecular flexibility index (Phi) is 7.71. The summed E-state index contributed by atoms with van der Waals surface area (Å²) in [5.41, 5.74) is 2.49. The summed E-state index contributed by atoms with van der Waals surface area (Å²) in [6, 6.07) is 16.0. The Morgan fingerprint density at radius 3 is 2.57 bits per heavy atom. The number of rotatable bonds is 10. The molecule has 5 nitrogen and oxygen atoms in total. The van der Waals surface area contributed by atoms with E-state index in [1.165, 1.54) is 11.1 Å². The summed E-state index contributed by atoms with van der Waals surface area (Å²) < 4.78 is 16.9. The topological polar surface area (TPSA) is 51.2 Å². The van der Waals surface area contributed by atoms with Crippen molar-refractivity contribution in [2.24, 2.45) is 0 Å². The summed E-state index contributed by atoms with van der Waals surface area (Å²) in [5, 5.41) is 10.6. The van der Waals surface area contributed by atoms with E-state index in [1.54, 1.807) is 7.11 Å². The average molecular weight is 386 g/mol. The Bertz CT molecular complexity index is 713. The van der Waals surface area contributed by atoms with Gasteiger partial charge in [-0.2, -0.15) is 0 Å². The maximum atomic E-state index is 10.6. The van der Waals surface area contributed by atoms with Crippen molar-refractivity contribution < 1.29 is 19.3 Å². The van der Waals surface area contributed by atoms with Crippen LogP contribution in [0.1, 0.15) is 24.0 Å². The average Bonchev–Trinajstić information content (AvgIpc) is 3.21. The Morgan fingerprint density at radius 1 is 1.14 bits per heavy atom. The van der Waals surface area contributed by atoms with Crippen LogP contribution >= 0.6 is 0 Å². The highest BCUT2D eigenvalue weighted by molar-refractivity contribution is 5.39. The first kappa shape index (κ1) is 20.6. The monoisotopic (exact) mass is 385 g/mol. The van der Waals surface area contributed by atoms with E-state index in [0.717, 1.165) is 32.5 Å². The zero-order chi connectivity index (χ0) is 19.8. The van der Waals surface area contributed by atoms with Crippen molar-refractivity contribution in [1.29, 1.82) is 0 Å². The zero-order valence-electron chi connectivity index (χ0n) is 16.8. The fourth-order valence-corrected chi connectivity index (χ4v) is 3.51. The van der Waals surface area contributed by atoms with Crippen LogP contribution in [0.5, 0.6) is 11.5 Å². The van der Waals surface area contributed by atoms with Gasteiger partial charge in [-0.05, 0) is 37.5 Å². The third kappa shape index (κ3) is 6.23. The molecule has 3 rings (SSSR count). The molecule has 152 valence electrons. The van der Waals surface area contributed by atoms with Gasteiger partial charge in [0.1, 0.15) is 12.7 Å². The number of methoxy groups -OCH3 is 1. The fourth-order valence-electron chi connectivity index (χ4n) is 3.51. The number of para-hydroxylation sites is 2. The van der Waals surface area contributed by atoms with Crippen molar-refractivity contribution in [1.82, 2.24) is 4.90 Å². The van der Waals surface area contributed by atoms with Crippen molar-refractivity contribution in [3.63, 3.8) is 0 Å². The Morgan fingerprint density at radius 2 is 1.89 bits per heavy atom. The molecular formula is C23H31NO4. The molecule has 0 saturated carbocycles. The number of hydrogen-bond donors (Lipinski definition) is 1. The van der Waals surface area contributed by atoms with E-state index >= 15 is 0 Å². The lowest BCUT2D eigenvalue weighted by Crippen LogP contribution is -2.39. The standard InChI is InChI=1S/C23H31NO4/c1-18-9-11-19(12-10-18)14-24(16-21-6-5-13-27-21)15-20(25)17-28-23-8-4-3-7-22(23)26-2/h3-4,7-12,20-21,25H,5-6,13-17H2,1-2H3. The highest BCUT2D eigenvalue weighted by atomic mass is 16.5. The second-order valence-electron chi connectivity index (χ2n) is 7.43. The molecule has 0 amide bonds. The van der Waals surface area contributed by atoms with Crippen LogP contribution < -0.4 is 9.47 Å². The maximum absolute atomic E-state index is 10.6. The molecule has 2 unspecified atom stereocenters. The molecule has 0 aromatic heterocycles. The van der Waals surface area contributed by atoms with Gasteiger partial charge < -0.3 is 19.3 Å².